The number of methoxy groups -OCH3 is 1. The van der Waals surface area contributed by atoms with Gasteiger partial charge in [-0.25, -0.2) is 0 Å². The fourth-order valence-corrected chi connectivity index (χ4v) is 0. The maximum Gasteiger partial charge on any atom is 0.0742 e. The monoisotopic (exact) mass is 122 g/mol. The van der Waals surface area contributed by atoms with Crippen LogP contribution in [-0.2, 0) is 4.74 Å². The van der Waals surface area contributed by atoms with Crippen LogP contribution >= 0.6 is 0 Å². The molecule has 0 spiro atoms. The largest absolute Gasteiger partial charge is 0.394 e. The molecule has 0 fully saturated rings. The summed E-state index contributed by atoms with van der Waals surface area (Å²) in [7, 11) is 3.25. The molecule has 0 rings (SSSR count). The molecule has 0 heterocycles. The molecular formula is C5H14O3. The van der Waals surface area contributed by atoms with Gasteiger partial charge < -0.3 is 14.9 Å². The van der Waals surface area contributed by atoms with Gasteiger partial charge in [-0.2, -0.15) is 0 Å². The summed E-state index contributed by atoms with van der Waals surface area (Å²) in [5.41, 5.74) is 0. The Balaban J connectivity index is 0. The third-order valence-electron chi connectivity index (χ3n) is 0.264. The molecule has 0 aliphatic carbocycles. The van der Waals surface area contributed by atoms with Crippen molar-refractivity contribution >= 4 is 0 Å². The molecule has 2 N–H and O–H groups in total. The minimum atomic E-state index is -0.560. The molecule has 8 heavy (non-hydrogen) atoms. The van der Waals surface area contributed by atoms with Crippen LogP contribution in [0.1, 0.15) is 6.92 Å². The van der Waals surface area contributed by atoms with E-state index in [9.17, 15) is 0 Å². The van der Waals surface area contributed by atoms with Crippen molar-refractivity contribution < 1.29 is 14.9 Å². The van der Waals surface area contributed by atoms with Gasteiger partial charge in [0.1, 0.15) is 0 Å². The minimum Gasteiger partial charge on any atom is -0.394 e. The van der Waals surface area contributed by atoms with Crippen molar-refractivity contribution in [2.75, 3.05) is 20.8 Å². The Morgan fingerprint density at radius 3 is 1.62 bits per heavy atom. The minimum absolute atomic E-state index is 0.139. The van der Waals surface area contributed by atoms with E-state index in [0.717, 1.165) is 0 Å². The number of aliphatic hydroxyl groups excluding tert-OH is 2. The van der Waals surface area contributed by atoms with Crippen LogP contribution in [0.25, 0.3) is 0 Å². The molecule has 0 bridgehead atoms. The van der Waals surface area contributed by atoms with Crippen molar-refractivity contribution in [1.82, 2.24) is 0 Å². The summed E-state index contributed by atoms with van der Waals surface area (Å²) in [6, 6.07) is 0. The number of aliphatic hydroxyl groups is 2. The number of hydrogen-bond donors (Lipinski definition) is 2. The molecule has 0 saturated heterocycles. The highest BCUT2D eigenvalue weighted by atomic mass is 16.4. The van der Waals surface area contributed by atoms with E-state index in [4.69, 9.17) is 10.2 Å². The number of rotatable bonds is 1. The molecule has 3 heteroatoms. The molecule has 52 valence electrons. The second-order valence-corrected chi connectivity index (χ2v) is 1.44. The first-order valence-corrected chi connectivity index (χ1v) is 2.38. The van der Waals surface area contributed by atoms with Gasteiger partial charge in [-0.05, 0) is 6.92 Å². The standard InChI is InChI=1S/C3H8O2.C2H6O/c1-3(5)2-4;1-3-2/h3-5H,2H2,1H3;1-2H3. The lowest BCUT2D eigenvalue weighted by molar-refractivity contribution is 0.110. The summed E-state index contributed by atoms with van der Waals surface area (Å²) < 4.78 is 4.25. The summed E-state index contributed by atoms with van der Waals surface area (Å²) in [5, 5.41) is 16.0. The zero-order chi connectivity index (χ0) is 6.99. The zero-order valence-electron chi connectivity index (χ0n) is 5.59. The van der Waals surface area contributed by atoms with E-state index in [-0.39, 0.29) is 6.61 Å². The fraction of sp³-hybridized carbons (Fsp3) is 1.00. The second kappa shape index (κ2) is 9.99. The molecule has 0 aromatic carbocycles. The lowest BCUT2D eigenvalue weighted by atomic mass is 10.5. The van der Waals surface area contributed by atoms with Gasteiger partial charge in [0.25, 0.3) is 0 Å². The van der Waals surface area contributed by atoms with E-state index in [2.05, 4.69) is 4.74 Å². The van der Waals surface area contributed by atoms with E-state index in [0.29, 0.717) is 0 Å². The van der Waals surface area contributed by atoms with Crippen molar-refractivity contribution in [3.8, 4) is 0 Å². The predicted molar refractivity (Wildman–Crippen MR) is 31.7 cm³/mol. The highest BCUT2D eigenvalue weighted by molar-refractivity contribution is 4.33. The lowest BCUT2D eigenvalue weighted by Gasteiger charge is -1.90. The van der Waals surface area contributed by atoms with Crippen LogP contribution in [-0.4, -0.2) is 37.1 Å². The second-order valence-electron chi connectivity index (χ2n) is 1.44. The van der Waals surface area contributed by atoms with Gasteiger partial charge in [-0.3, -0.25) is 0 Å². The number of ether oxygens (including phenoxy) is 1. The first kappa shape index (κ1) is 10.8. The summed E-state index contributed by atoms with van der Waals surface area (Å²) in [6.45, 7) is 1.39. The normalized spacial score (nSPS) is 11.6. The summed E-state index contributed by atoms with van der Waals surface area (Å²) in [6.07, 6.45) is -0.560. The molecule has 1 unspecified atom stereocenters. The molecule has 0 amide bonds. The van der Waals surface area contributed by atoms with Gasteiger partial charge in [0.15, 0.2) is 0 Å². The van der Waals surface area contributed by atoms with Crippen molar-refractivity contribution in [3.05, 3.63) is 0 Å². The van der Waals surface area contributed by atoms with E-state index >= 15 is 0 Å². The molecule has 0 aromatic rings. The molecular weight excluding hydrogens is 108 g/mol. The molecule has 1 atom stereocenters. The van der Waals surface area contributed by atoms with Gasteiger partial charge in [-0.1, -0.05) is 0 Å². The first-order valence-electron chi connectivity index (χ1n) is 2.38. The fourth-order valence-electron chi connectivity index (χ4n) is 0. The van der Waals surface area contributed by atoms with Gasteiger partial charge in [0.05, 0.1) is 12.7 Å². The Morgan fingerprint density at radius 1 is 1.50 bits per heavy atom. The van der Waals surface area contributed by atoms with Crippen molar-refractivity contribution in [2.45, 2.75) is 13.0 Å². The quantitative estimate of drug-likeness (QED) is 0.498. The van der Waals surface area contributed by atoms with Crippen molar-refractivity contribution in [3.63, 3.8) is 0 Å². The molecule has 0 radical (unpaired) electrons. The Morgan fingerprint density at radius 2 is 1.62 bits per heavy atom. The van der Waals surface area contributed by atoms with Gasteiger partial charge in [0.2, 0.25) is 0 Å². The van der Waals surface area contributed by atoms with Crippen LogP contribution in [0.5, 0.6) is 0 Å². The Kier molecular flexibility index (Phi) is 13.5. The molecule has 3 nitrogen and oxygen atoms in total. The molecule has 0 saturated carbocycles. The maximum atomic E-state index is 8.11. The lowest BCUT2D eigenvalue weighted by Crippen LogP contribution is -2.03. The van der Waals surface area contributed by atoms with Crippen LogP contribution in [0.2, 0.25) is 0 Å². The van der Waals surface area contributed by atoms with Crippen molar-refractivity contribution in [1.29, 1.82) is 0 Å². The highest BCUT2D eigenvalue weighted by Crippen LogP contribution is 1.68. The van der Waals surface area contributed by atoms with Gasteiger partial charge in [-0.15, -0.1) is 0 Å². The van der Waals surface area contributed by atoms with E-state index in [1.807, 2.05) is 0 Å². The summed E-state index contributed by atoms with van der Waals surface area (Å²) in [4.78, 5) is 0. The van der Waals surface area contributed by atoms with Gasteiger partial charge in [0, 0.05) is 14.2 Å². The maximum absolute atomic E-state index is 8.11. The third kappa shape index (κ3) is 39.6. The smallest absolute Gasteiger partial charge is 0.0742 e. The SMILES string of the molecule is CC(O)CO.COC. The number of hydrogen-bond acceptors (Lipinski definition) is 3. The zero-order valence-corrected chi connectivity index (χ0v) is 5.59. The van der Waals surface area contributed by atoms with E-state index < -0.39 is 6.10 Å². The van der Waals surface area contributed by atoms with E-state index in [1.54, 1.807) is 14.2 Å². The van der Waals surface area contributed by atoms with Gasteiger partial charge >= 0.3 is 0 Å². The molecule has 0 aromatic heterocycles. The van der Waals surface area contributed by atoms with Crippen LogP contribution in [0, 0.1) is 0 Å². The first-order chi connectivity index (χ1) is 3.68. The third-order valence-corrected chi connectivity index (χ3v) is 0.264. The topological polar surface area (TPSA) is 49.7 Å². The highest BCUT2D eigenvalue weighted by Gasteiger charge is 1.83. The Bertz CT molecular complexity index is 28.9. The van der Waals surface area contributed by atoms with Crippen LogP contribution in [0.4, 0.5) is 0 Å². The predicted octanol–water partition coefficient (Wildman–Crippen LogP) is -0.378. The average molecular weight is 122 g/mol. The van der Waals surface area contributed by atoms with E-state index in [1.165, 1.54) is 6.92 Å². The molecule has 0 aliphatic heterocycles. The average Bonchev–Trinajstić information content (AvgIpc) is 1.69. The summed E-state index contributed by atoms with van der Waals surface area (Å²) in [5.74, 6) is 0. The van der Waals surface area contributed by atoms with Crippen LogP contribution in [0.15, 0.2) is 0 Å². The summed E-state index contributed by atoms with van der Waals surface area (Å²) >= 11 is 0. The van der Waals surface area contributed by atoms with Crippen LogP contribution in [0.3, 0.4) is 0 Å². The Hall–Kier alpha value is -0.120. The Labute approximate surface area is 49.9 Å². The van der Waals surface area contributed by atoms with Crippen LogP contribution < -0.4 is 0 Å². The van der Waals surface area contributed by atoms with Crippen molar-refractivity contribution in [2.24, 2.45) is 0 Å². The molecule has 0 aliphatic rings.